The van der Waals surface area contributed by atoms with Crippen LogP contribution in [0.2, 0.25) is 0 Å². The Bertz CT molecular complexity index is 609. The normalized spacial score (nSPS) is 11.0. The lowest BCUT2D eigenvalue weighted by Gasteiger charge is -2.10. The Morgan fingerprint density at radius 2 is 1.62 bits per heavy atom. The molecule has 0 amide bonds. The summed E-state index contributed by atoms with van der Waals surface area (Å²) in [5.41, 5.74) is 2.64. The first kappa shape index (κ1) is 16.0. The van der Waals surface area contributed by atoms with E-state index in [1.807, 2.05) is 12.1 Å². The van der Waals surface area contributed by atoms with Crippen molar-refractivity contribution in [2.24, 2.45) is 5.92 Å². The third-order valence-electron chi connectivity index (χ3n) is 3.16. The summed E-state index contributed by atoms with van der Waals surface area (Å²) in [6.07, 6.45) is 1.05. The molecule has 0 aromatic heterocycles. The number of benzene rings is 2. The Morgan fingerprint density at radius 3 is 2.24 bits per heavy atom. The molecule has 0 saturated heterocycles. The van der Waals surface area contributed by atoms with Gasteiger partial charge in [-0.25, -0.2) is 8.78 Å². The average Bonchev–Trinajstić information content (AvgIpc) is 2.42. The largest absolute Gasteiger partial charge is 0.379 e. The van der Waals surface area contributed by atoms with Gasteiger partial charge in [-0.1, -0.05) is 38.1 Å². The predicted octanol–water partition coefficient (Wildman–Crippen LogP) is 5.54. The fraction of sp³-hybridized carbons (Fsp3) is 0.294. The van der Waals surface area contributed by atoms with Gasteiger partial charge in [0.1, 0.15) is 11.6 Å². The third-order valence-corrected chi connectivity index (χ3v) is 3.77. The highest BCUT2D eigenvalue weighted by atomic mass is 79.9. The molecule has 0 unspecified atom stereocenters. The molecule has 2 aromatic carbocycles. The van der Waals surface area contributed by atoms with Crippen LogP contribution in [0.25, 0.3) is 0 Å². The zero-order chi connectivity index (χ0) is 15.4. The second-order valence-electron chi connectivity index (χ2n) is 5.51. The van der Waals surface area contributed by atoms with Crippen LogP contribution in [0.1, 0.15) is 25.0 Å². The van der Waals surface area contributed by atoms with Crippen molar-refractivity contribution in [1.82, 2.24) is 0 Å². The van der Waals surface area contributed by atoms with Crippen molar-refractivity contribution in [3.8, 4) is 0 Å². The summed E-state index contributed by atoms with van der Waals surface area (Å²) in [7, 11) is 0. The van der Waals surface area contributed by atoms with Crippen LogP contribution >= 0.6 is 15.9 Å². The van der Waals surface area contributed by atoms with Crippen molar-refractivity contribution < 1.29 is 8.78 Å². The van der Waals surface area contributed by atoms with E-state index < -0.39 is 11.6 Å². The maximum absolute atomic E-state index is 13.6. The summed E-state index contributed by atoms with van der Waals surface area (Å²) >= 11 is 3.06. The van der Waals surface area contributed by atoms with Gasteiger partial charge >= 0.3 is 0 Å². The lowest BCUT2D eigenvalue weighted by atomic mass is 10.0. The van der Waals surface area contributed by atoms with E-state index in [0.29, 0.717) is 12.5 Å². The maximum atomic E-state index is 13.6. The van der Waals surface area contributed by atoms with Crippen LogP contribution in [0.4, 0.5) is 14.5 Å². The van der Waals surface area contributed by atoms with Gasteiger partial charge in [0, 0.05) is 12.6 Å². The van der Waals surface area contributed by atoms with Gasteiger partial charge in [0.15, 0.2) is 0 Å². The molecule has 0 saturated carbocycles. The minimum Gasteiger partial charge on any atom is -0.379 e. The summed E-state index contributed by atoms with van der Waals surface area (Å²) in [4.78, 5) is 0. The van der Waals surface area contributed by atoms with E-state index in [9.17, 15) is 8.78 Å². The van der Waals surface area contributed by atoms with Crippen LogP contribution in [-0.2, 0) is 13.0 Å². The highest BCUT2D eigenvalue weighted by Crippen LogP contribution is 2.24. The zero-order valence-corrected chi connectivity index (χ0v) is 13.7. The SMILES string of the molecule is CC(C)Cc1ccc(CNc2cc(Br)c(F)cc2F)cc1. The quantitative estimate of drug-likeness (QED) is 0.696. The predicted molar refractivity (Wildman–Crippen MR) is 86.4 cm³/mol. The van der Waals surface area contributed by atoms with Gasteiger partial charge in [0.2, 0.25) is 0 Å². The molecule has 0 radical (unpaired) electrons. The molecule has 0 aliphatic carbocycles. The van der Waals surface area contributed by atoms with E-state index in [0.717, 1.165) is 18.1 Å². The first-order valence-electron chi connectivity index (χ1n) is 6.92. The Kier molecular flexibility index (Phi) is 5.34. The second-order valence-corrected chi connectivity index (χ2v) is 6.37. The van der Waals surface area contributed by atoms with Gasteiger partial charge < -0.3 is 5.32 Å². The van der Waals surface area contributed by atoms with E-state index >= 15 is 0 Å². The van der Waals surface area contributed by atoms with Crippen LogP contribution in [0, 0.1) is 17.6 Å². The van der Waals surface area contributed by atoms with Crippen LogP contribution in [0.3, 0.4) is 0 Å². The van der Waals surface area contributed by atoms with Crippen LogP contribution in [0.15, 0.2) is 40.9 Å². The van der Waals surface area contributed by atoms with Crippen LogP contribution in [0.5, 0.6) is 0 Å². The Morgan fingerprint density at radius 1 is 1.00 bits per heavy atom. The van der Waals surface area contributed by atoms with Gasteiger partial charge in [-0.2, -0.15) is 0 Å². The summed E-state index contributed by atoms with van der Waals surface area (Å²) < 4.78 is 27.0. The highest BCUT2D eigenvalue weighted by molar-refractivity contribution is 9.10. The third kappa shape index (κ3) is 4.53. The molecule has 0 heterocycles. The van der Waals surface area contributed by atoms with Crippen LogP contribution < -0.4 is 5.32 Å². The molecule has 4 heteroatoms. The topological polar surface area (TPSA) is 12.0 Å². The van der Waals surface area contributed by atoms with Gasteiger partial charge in [0.25, 0.3) is 0 Å². The second kappa shape index (κ2) is 7.03. The van der Waals surface area contributed by atoms with Crippen molar-refractivity contribution in [3.05, 3.63) is 63.6 Å². The minimum atomic E-state index is -0.601. The smallest absolute Gasteiger partial charge is 0.149 e. The molecular weight excluding hydrogens is 336 g/mol. The van der Waals surface area contributed by atoms with E-state index in [-0.39, 0.29) is 10.2 Å². The molecule has 21 heavy (non-hydrogen) atoms. The Labute approximate surface area is 132 Å². The molecule has 0 aliphatic rings. The summed E-state index contributed by atoms with van der Waals surface area (Å²) in [6.45, 7) is 4.87. The lowest BCUT2D eigenvalue weighted by Crippen LogP contribution is -2.02. The first-order chi connectivity index (χ1) is 9.95. The standard InChI is InChI=1S/C17H18BrF2N/c1-11(2)7-12-3-5-13(6-4-12)10-21-17-8-14(18)15(19)9-16(17)20/h3-6,8-9,11,21H,7,10H2,1-2H3. The van der Waals surface area contributed by atoms with Gasteiger partial charge in [0.05, 0.1) is 10.2 Å². The molecule has 0 aliphatic heterocycles. The number of nitrogens with one attached hydrogen (secondary N) is 1. The molecule has 0 fully saturated rings. The Balaban J connectivity index is 2.01. The van der Waals surface area contributed by atoms with Crippen molar-refractivity contribution in [2.75, 3.05) is 5.32 Å². The molecule has 0 atom stereocenters. The Hall–Kier alpha value is -1.42. The molecule has 2 rings (SSSR count). The molecule has 1 N–H and O–H groups in total. The fourth-order valence-corrected chi connectivity index (χ4v) is 2.46. The number of rotatable bonds is 5. The van der Waals surface area contributed by atoms with E-state index in [1.54, 1.807) is 0 Å². The molecule has 0 bridgehead atoms. The van der Waals surface area contributed by atoms with Crippen molar-refractivity contribution >= 4 is 21.6 Å². The van der Waals surface area contributed by atoms with Gasteiger partial charge in [-0.05, 0) is 45.5 Å². The number of hydrogen-bond donors (Lipinski definition) is 1. The minimum absolute atomic E-state index is 0.249. The van der Waals surface area contributed by atoms with Gasteiger partial charge in [-0.3, -0.25) is 0 Å². The maximum Gasteiger partial charge on any atom is 0.149 e. The highest BCUT2D eigenvalue weighted by Gasteiger charge is 2.08. The molecule has 112 valence electrons. The fourth-order valence-electron chi connectivity index (χ4n) is 2.12. The van der Waals surface area contributed by atoms with E-state index in [4.69, 9.17) is 0 Å². The lowest BCUT2D eigenvalue weighted by molar-refractivity contribution is 0.580. The first-order valence-corrected chi connectivity index (χ1v) is 7.71. The van der Waals surface area contributed by atoms with Crippen molar-refractivity contribution in [3.63, 3.8) is 0 Å². The number of halogens is 3. The van der Waals surface area contributed by atoms with Crippen molar-refractivity contribution in [2.45, 2.75) is 26.8 Å². The zero-order valence-electron chi connectivity index (χ0n) is 12.1. The van der Waals surface area contributed by atoms with E-state index in [1.165, 1.54) is 11.6 Å². The molecule has 1 nitrogen and oxygen atoms in total. The van der Waals surface area contributed by atoms with Crippen molar-refractivity contribution in [1.29, 1.82) is 0 Å². The number of hydrogen-bond acceptors (Lipinski definition) is 1. The number of anilines is 1. The molecular formula is C17H18BrF2N. The monoisotopic (exact) mass is 353 g/mol. The van der Waals surface area contributed by atoms with Crippen LogP contribution in [-0.4, -0.2) is 0 Å². The molecule has 0 spiro atoms. The van der Waals surface area contributed by atoms with E-state index in [2.05, 4.69) is 47.2 Å². The molecule has 2 aromatic rings. The summed E-state index contributed by atoms with van der Waals surface area (Å²) in [5, 5.41) is 2.99. The summed E-state index contributed by atoms with van der Waals surface area (Å²) in [6, 6.07) is 10.5. The average molecular weight is 354 g/mol. The summed E-state index contributed by atoms with van der Waals surface area (Å²) in [5.74, 6) is -0.567. The van der Waals surface area contributed by atoms with Gasteiger partial charge in [-0.15, -0.1) is 0 Å².